The van der Waals surface area contributed by atoms with E-state index in [-0.39, 0.29) is 23.0 Å². The summed E-state index contributed by atoms with van der Waals surface area (Å²) in [6.07, 6.45) is 5.28. The topological polar surface area (TPSA) is 92.3 Å². The Morgan fingerprint density at radius 2 is 1.93 bits per heavy atom. The molecule has 2 aliphatic carbocycles. The maximum atomic E-state index is 13.1. The number of aromatic amines is 1. The molecule has 0 atom stereocenters. The van der Waals surface area contributed by atoms with Crippen molar-refractivity contribution >= 4 is 17.0 Å². The van der Waals surface area contributed by atoms with Gasteiger partial charge in [0.05, 0.1) is 5.39 Å². The monoisotopic (exact) mass is 380 g/mol. The lowest BCUT2D eigenvalue weighted by Gasteiger charge is -2.34. The van der Waals surface area contributed by atoms with Crippen LogP contribution in [0, 0.1) is 11.2 Å². The number of hydrogen-bond donors (Lipinski definition) is 2. The van der Waals surface area contributed by atoms with Crippen LogP contribution in [-0.2, 0) is 4.74 Å². The maximum Gasteiger partial charge on any atom is 0.347 e. The second-order valence-electron chi connectivity index (χ2n) is 7.74. The van der Waals surface area contributed by atoms with Gasteiger partial charge < -0.3 is 14.8 Å². The molecule has 2 aromatic heterocycles. The van der Waals surface area contributed by atoms with Gasteiger partial charge in [-0.05, 0) is 54.9 Å². The fourth-order valence-corrected chi connectivity index (χ4v) is 3.93. The standard InChI is InChI=1S/C21H17FN2O4/c22-13-3-1-11(2-4-13)12-7-15-17(25)16(19(26)24-18(15)23-10-12)20(27)28-14-8-21(9-14)5-6-21/h1-4,7,10,14H,5-6,8-9H2,(H2,23,24,25,26). The zero-order valence-electron chi connectivity index (χ0n) is 14.9. The summed E-state index contributed by atoms with van der Waals surface area (Å²) in [5, 5.41) is 10.8. The van der Waals surface area contributed by atoms with Crippen LogP contribution < -0.4 is 5.56 Å². The van der Waals surface area contributed by atoms with Crippen molar-refractivity contribution in [3.05, 3.63) is 58.3 Å². The molecular formula is C21H17FN2O4. The first-order valence-corrected chi connectivity index (χ1v) is 9.16. The minimum atomic E-state index is -0.826. The van der Waals surface area contributed by atoms with Gasteiger partial charge >= 0.3 is 5.97 Å². The Bertz CT molecular complexity index is 1160. The number of esters is 1. The summed E-state index contributed by atoms with van der Waals surface area (Å²) in [6, 6.07) is 7.40. The van der Waals surface area contributed by atoms with Crippen molar-refractivity contribution < 1.29 is 19.0 Å². The first-order chi connectivity index (χ1) is 13.4. The van der Waals surface area contributed by atoms with Gasteiger partial charge in [-0.1, -0.05) is 12.1 Å². The molecule has 2 heterocycles. The fourth-order valence-electron chi connectivity index (χ4n) is 3.93. The molecule has 0 bridgehead atoms. The van der Waals surface area contributed by atoms with Crippen LogP contribution in [-0.4, -0.2) is 27.1 Å². The minimum Gasteiger partial charge on any atom is -0.506 e. The number of nitrogens with zero attached hydrogens (tertiary/aromatic N) is 1. The Morgan fingerprint density at radius 3 is 2.61 bits per heavy atom. The Labute approximate surface area is 159 Å². The van der Waals surface area contributed by atoms with Crippen LogP contribution in [0.3, 0.4) is 0 Å². The third-order valence-electron chi connectivity index (χ3n) is 5.77. The number of pyridine rings is 2. The van der Waals surface area contributed by atoms with Crippen LogP contribution in [0.15, 0.2) is 41.3 Å². The molecule has 1 aromatic carbocycles. The van der Waals surface area contributed by atoms with E-state index in [1.807, 2.05) is 0 Å². The van der Waals surface area contributed by atoms with Gasteiger partial charge in [0.2, 0.25) is 0 Å². The number of benzene rings is 1. The number of rotatable bonds is 3. The molecule has 2 aliphatic rings. The highest BCUT2D eigenvalue weighted by Gasteiger charge is 2.54. The molecule has 0 amide bonds. The number of nitrogens with one attached hydrogen (secondary N) is 1. The summed E-state index contributed by atoms with van der Waals surface area (Å²) in [5.41, 5.74) is 0.667. The number of hydrogen-bond acceptors (Lipinski definition) is 5. The average Bonchev–Trinajstić information content (AvgIpc) is 3.43. The smallest absolute Gasteiger partial charge is 0.347 e. The highest BCUT2D eigenvalue weighted by Crippen LogP contribution is 2.61. The van der Waals surface area contributed by atoms with Crippen molar-refractivity contribution in [1.29, 1.82) is 0 Å². The number of carbonyl (C=O) groups excluding carboxylic acids is 1. The number of carbonyl (C=O) groups is 1. The van der Waals surface area contributed by atoms with Crippen molar-refractivity contribution in [3.63, 3.8) is 0 Å². The van der Waals surface area contributed by atoms with E-state index < -0.39 is 22.8 Å². The normalized spacial score (nSPS) is 17.5. The number of fused-ring (bicyclic) bond motifs is 1. The Hall–Kier alpha value is -3.22. The van der Waals surface area contributed by atoms with Gasteiger partial charge in [-0.3, -0.25) is 4.79 Å². The van der Waals surface area contributed by atoms with Gasteiger partial charge in [0.25, 0.3) is 5.56 Å². The molecule has 1 spiro atoms. The molecule has 0 saturated heterocycles. The van der Waals surface area contributed by atoms with Crippen molar-refractivity contribution in [2.24, 2.45) is 5.41 Å². The first-order valence-electron chi connectivity index (χ1n) is 9.16. The average molecular weight is 380 g/mol. The summed E-state index contributed by atoms with van der Waals surface area (Å²) >= 11 is 0. The van der Waals surface area contributed by atoms with Crippen LogP contribution in [0.1, 0.15) is 36.0 Å². The molecule has 0 unspecified atom stereocenters. The van der Waals surface area contributed by atoms with E-state index >= 15 is 0 Å². The summed E-state index contributed by atoms with van der Waals surface area (Å²) in [7, 11) is 0. The molecule has 3 aromatic rings. The highest BCUT2D eigenvalue weighted by molar-refractivity contribution is 5.99. The summed E-state index contributed by atoms with van der Waals surface area (Å²) in [6.45, 7) is 0. The minimum absolute atomic E-state index is 0.158. The summed E-state index contributed by atoms with van der Waals surface area (Å²) in [5.74, 6) is -1.65. The Morgan fingerprint density at radius 1 is 1.21 bits per heavy atom. The second kappa shape index (κ2) is 5.89. The molecule has 0 aliphatic heterocycles. The van der Waals surface area contributed by atoms with Gasteiger partial charge in [0.1, 0.15) is 23.3 Å². The second-order valence-corrected chi connectivity index (χ2v) is 7.74. The van der Waals surface area contributed by atoms with Gasteiger partial charge in [-0.2, -0.15) is 0 Å². The van der Waals surface area contributed by atoms with E-state index in [9.17, 15) is 19.1 Å². The zero-order valence-corrected chi connectivity index (χ0v) is 14.9. The highest BCUT2D eigenvalue weighted by atomic mass is 19.1. The molecule has 7 heteroatoms. The Kier molecular flexibility index (Phi) is 3.56. The summed E-state index contributed by atoms with van der Waals surface area (Å²) < 4.78 is 18.6. The van der Waals surface area contributed by atoms with E-state index in [0.717, 1.165) is 12.8 Å². The molecule has 142 valence electrons. The van der Waals surface area contributed by atoms with Gasteiger partial charge in [-0.25, -0.2) is 14.2 Å². The third-order valence-corrected chi connectivity index (χ3v) is 5.77. The van der Waals surface area contributed by atoms with Crippen LogP contribution >= 0.6 is 0 Å². The lowest BCUT2D eigenvalue weighted by Crippen LogP contribution is -2.35. The molecule has 2 saturated carbocycles. The lowest BCUT2D eigenvalue weighted by molar-refractivity contribution is -0.0182. The van der Waals surface area contributed by atoms with E-state index in [2.05, 4.69) is 9.97 Å². The molecule has 5 rings (SSSR count). The third kappa shape index (κ3) is 2.74. The van der Waals surface area contributed by atoms with Crippen molar-refractivity contribution in [1.82, 2.24) is 9.97 Å². The van der Waals surface area contributed by atoms with Crippen LogP contribution in [0.4, 0.5) is 4.39 Å². The van der Waals surface area contributed by atoms with E-state index in [1.54, 1.807) is 18.2 Å². The van der Waals surface area contributed by atoms with Crippen LogP contribution in [0.2, 0.25) is 0 Å². The van der Waals surface area contributed by atoms with Crippen LogP contribution in [0.5, 0.6) is 5.75 Å². The Balaban J connectivity index is 1.51. The molecule has 6 nitrogen and oxygen atoms in total. The number of aromatic nitrogens is 2. The maximum absolute atomic E-state index is 13.1. The first kappa shape index (κ1) is 16.9. The van der Waals surface area contributed by atoms with Gasteiger partial charge in [-0.15, -0.1) is 0 Å². The molecule has 2 fully saturated rings. The summed E-state index contributed by atoms with van der Waals surface area (Å²) in [4.78, 5) is 31.5. The SMILES string of the molecule is O=C(OC1CC2(CC2)C1)c1c(O)c2cc(-c3ccc(F)cc3)cnc2[nH]c1=O. The van der Waals surface area contributed by atoms with Crippen LogP contribution in [0.25, 0.3) is 22.2 Å². The zero-order chi connectivity index (χ0) is 19.5. The van der Waals surface area contributed by atoms with Crippen molar-refractivity contribution in [2.75, 3.05) is 0 Å². The molecular weight excluding hydrogens is 363 g/mol. The lowest BCUT2D eigenvalue weighted by atomic mass is 9.79. The van der Waals surface area contributed by atoms with E-state index in [0.29, 0.717) is 16.5 Å². The number of aromatic hydroxyl groups is 1. The van der Waals surface area contributed by atoms with Crippen molar-refractivity contribution in [2.45, 2.75) is 31.8 Å². The quantitative estimate of drug-likeness (QED) is 0.678. The predicted octanol–water partition coefficient (Wildman–Crippen LogP) is 3.53. The number of H-pyrrole nitrogens is 1. The van der Waals surface area contributed by atoms with E-state index in [1.165, 1.54) is 31.2 Å². The predicted molar refractivity (Wildman–Crippen MR) is 99.5 cm³/mol. The largest absolute Gasteiger partial charge is 0.506 e. The molecule has 2 N–H and O–H groups in total. The van der Waals surface area contributed by atoms with E-state index in [4.69, 9.17) is 4.74 Å². The molecule has 28 heavy (non-hydrogen) atoms. The number of halogens is 1. The van der Waals surface area contributed by atoms with Crippen molar-refractivity contribution in [3.8, 4) is 16.9 Å². The van der Waals surface area contributed by atoms with Gasteiger partial charge in [0.15, 0.2) is 5.56 Å². The van der Waals surface area contributed by atoms with Gasteiger partial charge in [0, 0.05) is 11.8 Å². The number of ether oxygens (including phenoxy) is 1. The fraction of sp³-hybridized carbons (Fsp3) is 0.286. The molecule has 0 radical (unpaired) electrons.